The molecule has 1 spiro atoms. The van der Waals surface area contributed by atoms with Crippen molar-refractivity contribution in [3.63, 3.8) is 0 Å². The van der Waals surface area contributed by atoms with Crippen LogP contribution in [0.4, 0.5) is 5.82 Å². The number of Topliss-reactive ketones (excluding diaryl/α,β-unsaturated/α-hetero) is 1. The first-order chi connectivity index (χ1) is 14.1. The molecule has 0 atom stereocenters. The summed E-state index contributed by atoms with van der Waals surface area (Å²) in [5, 5.41) is 4.53. The van der Waals surface area contributed by atoms with Crippen molar-refractivity contribution in [2.45, 2.75) is 45.1 Å². The van der Waals surface area contributed by atoms with E-state index in [-0.39, 0.29) is 24.3 Å². The number of hydrogen-bond donors (Lipinski definition) is 0. The van der Waals surface area contributed by atoms with Gasteiger partial charge in [-0.3, -0.25) is 9.59 Å². The van der Waals surface area contributed by atoms with Crippen LogP contribution in [0.5, 0.6) is 0 Å². The predicted molar refractivity (Wildman–Crippen MR) is 109 cm³/mol. The van der Waals surface area contributed by atoms with Crippen LogP contribution in [0.2, 0.25) is 0 Å². The lowest BCUT2D eigenvalue weighted by atomic mass is 9.64. The summed E-state index contributed by atoms with van der Waals surface area (Å²) in [6.45, 7) is 1.94. The zero-order chi connectivity index (χ0) is 19.8. The number of anilines is 1. The van der Waals surface area contributed by atoms with Crippen LogP contribution in [-0.4, -0.2) is 33.6 Å². The first kappa shape index (κ1) is 18.1. The molecule has 2 aliphatic rings. The molecule has 2 fully saturated rings. The Morgan fingerprint density at radius 3 is 2.83 bits per heavy atom. The number of nitrogens with zero attached hydrogens (tertiary/aromatic N) is 4. The fraction of sp³-hybridized carbons (Fsp3) is 0.455. The number of carbonyl (C=O) groups excluding carboxylic acids is 1. The monoisotopic (exact) mass is 392 g/mol. The van der Waals surface area contributed by atoms with E-state index >= 15 is 0 Å². The third-order valence-electron chi connectivity index (χ3n) is 6.37. The van der Waals surface area contributed by atoms with E-state index in [0.717, 1.165) is 36.4 Å². The summed E-state index contributed by atoms with van der Waals surface area (Å²) in [5.74, 6) is 0.737. The molecule has 7 heteroatoms. The Balaban J connectivity index is 1.30. The van der Waals surface area contributed by atoms with E-state index in [9.17, 15) is 9.59 Å². The van der Waals surface area contributed by atoms with Gasteiger partial charge in [-0.05, 0) is 54.9 Å². The van der Waals surface area contributed by atoms with Crippen LogP contribution >= 0.6 is 0 Å². The van der Waals surface area contributed by atoms with Crippen molar-refractivity contribution in [2.24, 2.45) is 5.41 Å². The second-order valence-corrected chi connectivity index (χ2v) is 8.44. The summed E-state index contributed by atoms with van der Waals surface area (Å²) in [5.41, 5.74) is 2.46. The van der Waals surface area contributed by atoms with E-state index in [1.165, 1.54) is 42.8 Å². The van der Waals surface area contributed by atoms with Crippen molar-refractivity contribution < 1.29 is 9.21 Å². The van der Waals surface area contributed by atoms with Gasteiger partial charge in [0.2, 0.25) is 0 Å². The molecule has 0 unspecified atom stereocenters. The molecule has 150 valence electrons. The largest absolute Gasteiger partial charge is 0.443 e. The lowest BCUT2D eigenvalue weighted by Crippen LogP contribution is -2.47. The summed E-state index contributed by atoms with van der Waals surface area (Å²) in [4.78, 5) is 31.3. The Morgan fingerprint density at radius 2 is 2.00 bits per heavy atom. The van der Waals surface area contributed by atoms with Crippen molar-refractivity contribution in [1.29, 1.82) is 0 Å². The third kappa shape index (κ3) is 3.57. The Morgan fingerprint density at radius 1 is 1.14 bits per heavy atom. The highest BCUT2D eigenvalue weighted by Crippen LogP contribution is 2.47. The molecule has 5 rings (SSSR count). The molecule has 0 amide bonds. The van der Waals surface area contributed by atoms with Gasteiger partial charge in [0.15, 0.2) is 17.8 Å². The van der Waals surface area contributed by atoms with Crippen molar-refractivity contribution >= 4 is 22.7 Å². The molecule has 3 aromatic rings. The van der Waals surface area contributed by atoms with Crippen molar-refractivity contribution in [1.82, 2.24) is 14.8 Å². The minimum Gasteiger partial charge on any atom is -0.443 e. The number of aromatic nitrogens is 3. The van der Waals surface area contributed by atoms with Crippen LogP contribution in [0, 0.1) is 5.41 Å². The quantitative estimate of drug-likeness (QED) is 0.664. The normalized spacial score (nSPS) is 18.1. The van der Waals surface area contributed by atoms with Crippen molar-refractivity contribution in [3.8, 4) is 0 Å². The lowest BCUT2D eigenvalue weighted by molar-refractivity contribution is -0.119. The standard InChI is InChI=1S/C22H24N4O3/c27-17(11-16-3-4-19-18(12-16)23-15-29-19)13-26-21(28)6-5-20(24-26)25-10-2-9-22(14-25)7-1-8-22/h3-6,12,15H,1-2,7-11,13-14H2. The summed E-state index contributed by atoms with van der Waals surface area (Å²) >= 11 is 0. The van der Waals surface area contributed by atoms with Crippen LogP contribution < -0.4 is 10.5 Å². The maximum Gasteiger partial charge on any atom is 0.267 e. The van der Waals surface area contributed by atoms with Crippen LogP contribution in [0.15, 0.2) is 45.9 Å². The highest BCUT2D eigenvalue weighted by molar-refractivity contribution is 5.82. The molecular formula is C22H24N4O3. The van der Waals surface area contributed by atoms with E-state index in [1.54, 1.807) is 6.07 Å². The highest BCUT2D eigenvalue weighted by atomic mass is 16.3. The number of ketones is 1. The first-order valence-corrected chi connectivity index (χ1v) is 10.3. The minimum absolute atomic E-state index is 0.0253. The Labute approximate surface area is 168 Å². The van der Waals surface area contributed by atoms with Gasteiger partial charge in [-0.1, -0.05) is 12.5 Å². The summed E-state index contributed by atoms with van der Waals surface area (Å²) in [6.07, 6.45) is 7.96. The number of piperidine rings is 1. The molecule has 1 aromatic carbocycles. The number of rotatable bonds is 5. The zero-order valence-electron chi connectivity index (χ0n) is 16.3. The van der Waals surface area contributed by atoms with Gasteiger partial charge in [0.1, 0.15) is 17.9 Å². The smallest absolute Gasteiger partial charge is 0.267 e. The van der Waals surface area contributed by atoms with Gasteiger partial charge in [-0.15, -0.1) is 0 Å². The van der Waals surface area contributed by atoms with Crippen LogP contribution in [-0.2, 0) is 17.8 Å². The van der Waals surface area contributed by atoms with Crippen LogP contribution in [0.25, 0.3) is 11.1 Å². The molecule has 2 aromatic heterocycles. The highest BCUT2D eigenvalue weighted by Gasteiger charge is 2.40. The fourth-order valence-electron chi connectivity index (χ4n) is 4.67. The number of hydrogen-bond acceptors (Lipinski definition) is 6. The molecule has 29 heavy (non-hydrogen) atoms. The summed E-state index contributed by atoms with van der Waals surface area (Å²) in [7, 11) is 0. The Kier molecular flexibility index (Phi) is 4.45. The van der Waals surface area contributed by atoms with E-state index in [4.69, 9.17) is 4.42 Å². The second kappa shape index (κ2) is 7.13. The topological polar surface area (TPSA) is 81.2 Å². The van der Waals surface area contributed by atoms with Crippen molar-refractivity contribution in [2.75, 3.05) is 18.0 Å². The average Bonchev–Trinajstić information content (AvgIpc) is 3.16. The van der Waals surface area contributed by atoms with E-state index in [1.807, 2.05) is 18.2 Å². The molecule has 0 radical (unpaired) electrons. The third-order valence-corrected chi connectivity index (χ3v) is 6.37. The predicted octanol–water partition coefficient (Wildman–Crippen LogP) is 2.97. The molecule has 1 aliphatic carbocycles. The molecule has 1 aliphatic heterocycles. The maximum absolute atomic E-state index is 12.6. The van der Waals surface area contributed by atoms with Crippen LogP contribution in [0.1, 0.15) is 37.7 Å². The molecule has 0 N–H and O–H groups in total. The molecule has 1 saturated carbocycles. The Hall–Kier alpha value is -2.96. The number of carbonyl (C=O) groups is 1. The van der Waals surface area contributed by atoms with Gasteiger partial charge in [0, 0.05) is 25.6 Å². The summed E-state index contributed by atoms with van der Waals surface area (Å²) < 4.78 is 6.53. The zero-order valence-corrected chi connectivity index (χ0v) is 16.3. The van der Waals surface area contributed by atoms with Gasteiger partial charge in [-0.25, -0.2) is 9.67 Å². The molecule has 7 nitrogen and oxygen atoms in total. The van der Waals surface area contributed by atoms with E-state index in [0.29, 0.717) is 11.0 Å². The minimum atomic E-state index is -0.246. The maximum atomic E-state index is 12.6. The Bertz CT molecular complexity index is 1110. The van der Waals surface area contributed by atoms with Gasteiger partial charge in [0.25, 0.3) is 5.56 Å². The second-order valence-electron chi connectivity index (χ2n) is 8.44. The molecular weight excluding hydrogens is 368 g/mol. The molecule has 0 bridgehead atoms. The SMILES string of the molecule is O=C(Cc1ccc2ocnc2c1)Cn1nc(N2CCCC3(CCC3)C2)ccc1=O. The van der Waals surface area contributed by atoms with Gasteiger partial charge >= 0.3 is 0 Å². The molecule has 1 saturated heterocycles. The first-order valence-electron chi connectivity index (χ1n) is 10.3. The van der Waals surface area contributed by atoms with E-state index < -0.39 is 0 Å². The number of benzene rings is 1. The molecule has 3 heterocycles. The van der Waals surface area contributed by atoms with Crippen LogP contribution in [0.3, 0.4) is 0 Å². The summed E-state index contributed by atoms with van der Waals surface area (Å²) in [6, 6.07) is 8.82. The fourth-order valence-corrected chi connectivity index (χ4v) is 4.67. The van der Waals surface area contributed by atoms with Crippen molar-refractivity contribution in [3.05, 3.63) is 52.6 Å². The lowest BCUT2D eigenvalue weighted by Gasteiger charge is -2.49. The van der Waals surface area contributed by atoms with Gasteiger partial charge in [0.05, 0.1) is 0 Å². The average molecular weight is 392 g/mol. The van der Waals surface area contributed by atoms with E-state index in [2.05, 4.69) is 15.0 Å². The van der Waals surface area contributed by atoms with Gasteiger partial charge in [-0.2, -0.15) is 5.10 Å². The number of oxazole rings is 1. The van der Waals surface area contributed by atoms with Gasteiger partial charge < -0.3 is 9.32 Å². The number of fused-ring (bicyclic) bond motifs is 1.